The SMILES string of the molecule is CSc1ccc(NC(=O)Oc2cc(C)cc(C)c2C)cc1. The van der Waals surface area contributed by atoms with Crippen molar-refractivity contribution >= 4 is 23.5 Å². The maximum Gasteiger partial charge on any atom is 0.417 e. The van der Waals surface area contributed by atoms with E-state index in [1.165, 1.54) is 0 Å². The average molecular weight is 301 g/mol. The number of thioether (sulfide) groups is 1. The number of nitrogens with one attached hydrogen (secondary N) is 1. The Hall–Kier alpha value is -1.94. The summed E-state index contributed by atoms with van der Waals surface area (Å²) < 4.78 is 5.41. The summed E-state index contributed by atoms with van der Waals surface area (Å²) in [6, 6.07) is 11.6. The van der Waals surface area contributed by atoms with E-state index in [4.69, 9.17) is 4.74 Å². The van der Waals surface area contributed by atoms with Crippen molar-refractivity contribution in [1.82, 2.24) is 0 Å². The molecule has 21 heavy (non-hydrogen) atoms. The van der Waals surface area contributed by atoms with Crippen LogP contribution in [0.15, 0.2) is 41.3 Å². The van der Waals surface area contributed by atoms with Gasteiger partial charge in [-0.2, -0.15) is 0 Å². The molecule has 0 radical (unpaired) electrons. The summed E-state index contributed by atoms with van der Waals surface area (Å²) in [5.41, 5.74) is 3.89. The lowest BCUT2D eigenvalue weighted by Crippen LogP contribution is -2.17. The summed E-state index contributed by atoms with van der Waals surface area (Å²) >= 11 is 1.66. The standard InChI is InChI=1S/C17H19NO2S/c1-11-9-12(2)13(3)16(10-11)20-17(19)18-14-5-7-15(21-4)8-6-14/h5-10H,1-4H3,(H,18,19). The van der Waals surface area contributed by atoms with Gasteiger partial charge in [0, 0.05) is 10.6 Å². The van der Waals surface area contributed by atoms with Crippen molar-refractivity contribution in [2.45, 2.75) is 25.7 Å². The highest BCUT2D eigenvalue weighted by atomic mass is 32.2. The van der Waals surface area contributed by atoms with E-state index in [-0.39, 0.29) is 0 Å². The van der Waals surface area contributed by atoms with Crippen LogP contribution in [-0.4, -0.2) is 12.3 Å². The normalized spacial score (nSPS) is 10.3. The molecule has 0 fully saturated rings. The molecule has 1 N–H and O–H groups in total. The summed E-state index contributed by atoms with van der Waals surface area (Å²) in [6.45, 7) is 5.94. The molecule has 0 aliphatic carbocycles. The van der Waals surface area contributed by atoms with Gasteiger partial charge in [0.15, 0.2) is 0 Å². The van der Waals surface area contributed by atoms with Gasteiger partial charge in [-0.25, -0.2) is 4.79 Å². The van der Waals surface area contributed by atoms with Gasteiger partial charge in [-0.1, -0.05) is 6.07 Å². The Labute approximate surface area is 129 Å². The van der Waals surface area contributed by atoms with Gasteiger partial charge in [-0.15, -0.1) is 11.8 Å². The van der Waals surface area contributed by atoms with Crippen molar-refractivity contribution in [3.8, 4) is 5.75 Å². The molecule has 2 aromatic rings. The third-order valence-electron chi connectivity index (χ3n) is 3.30. The fourth-order valence-electron chi connectivity index (χ4n) is 2.02. The molecule has 0 bridgehead atoms. The molecule has 4 heteroatoms. The molecule has 0 saturated carbocycles. The molecule has 0 heterocycles. The Bertz CT molecular complexity index is 651. The van der Waals surface area contributed by atoms with Crippen LogP contribution in [0.1, 0.15) is 16.7 Å². The number of anilines is 1. The number of amides is 1. The van der Waals surface area contributed by atoms with E-state index in [0.29, 0.717) is 5.75 Å². The summed E-state index contributed by atoms with van der Waals surface area (Å²) in [6.07, 6.45) is 1.54. The number of benzene rings is 2. The minimum Gasteiger partial charge on any atom is -0.410 e. The highest BCUT2D eigenvalue weighted by Crippen LogP contribution is 2.24. The van der Waals surface area contributed by atoms with Gasteiger partial charge in [-0.05, 0) is 74.0 Å². The van der Waals surface area contributed by atoms with Gasteiger partial charge in [0.25, 0.3) is 0 Å². The number of hydrogen-bond donors (Lipinski definition) is 1. The van der Waals surface area contributed by atoms with Gasteiger partial charge in [0.2, 0.25) is 0 Å². The second kappa shape index (κ2) is 6.68. The highest BCUT2D eigenvalue weighted by molar-refractivity contribution is 7.98. The number of carbonyl (C=O) groups is 1. The largest absolute Gasteiger partial charge is 0.417 e. The monoisotopic (exact) mass is 301 g/mol. The topological polar surface area (TPSA) is 38.3 Å². The zero-order valence-electron chi connectivity index (χ0n) is 12.7. The maximum absolute atomic E-state index is 12.0. The molecule has 1 amide bonds. The second-order valence-electron chi connectivity index (χ2n) is 4.95. The van der Waals surface area contributed by atoms with Crippen LogP contribution < -0.4 is 10.1 Å². The van der Waals surface area contributed by atoms with Gasteiger partial charge in [-0.3, -0.25) is 5.32 Å². The highest BCUT2D eigenvalue weighted by Gasteiger charge is 2.09. The minimum absolute atomic E-state index is 0.472. The van der Waals surface area contributed by atoms with Gasteiger partial charge in [0.1, 0.15) is 5.75 Å². The van der Waals surface area contributed by atoms with Gasteiger partial charge >= 0.3 is 6.09 Å². The van der Waals surface area contributed by atoms with E-state index in [1.54, 1.807) is 11.8 Å². The number of aryl methyl sites for hydroxylation is 2. The fraction of sp³-hybridized carbons (Fsp3) is 0.235. The molecule has 110 valence electrons. The summed E-state index contributed by atoms with van der Waals surface area (Å²) in [4.78, 5) is 13.1. The van der Waals surface area contributed by atoms with E-state index >= 15 is 0 Å². The van der Waals surface area contributed by atoms with E-state index < -0.39 is 6.09 Å². The first-order chi connectivity index (χ1) is 9.99. The third kappa shape index (κ3) is 4.02. The van der Waals surface area contributed by atoms with Crippen molar-refractivity contribution in [1.29, 1.82) is 0 Å². The van der Waals surface area contributed by atoms with Crippen LogP contribution >= 0.6 is 11.8 Å². The van der Waals surface area contributed by atoms with Crippen LogP contribution in [-0.2, 0) is 0 Å². The van der Waals surface area contributed by atoms with E-state index in [9.17, 15) is 4.79 Å². The Kier molecular flexibility index (Phi) is 4.91. The quantitative estimate of drug-likeness (QED) is 0.816. The molecule has 0 aliphatic rings. The molecular formula is C17H19NO2S. The minimum atomic E-state index is -0.472. The van der Waals surface area contributed by atoms with Crippen molar-refractivity contribution < 1.29 is 9.53 Å². The van der Waals surface area contributed by atoms with Crippen molar-refractivity contribution in [3.63, 3.8) is 0 Å². The first-order valence-corrected chi connectivity index (χ1v) is 7.93. The Balaban J connectivity index is 2.07. The summed E-state index contributed by atoms with van der Waals surface area (Å²) in [5.74, 6) is 0.603. The second-order valence-corrected chi connectivity index (χ2v) is 5.83. The van der Waals surface area contributed by atoms with Crippen molar-refractivity contribution in [2.24, 2.45) is 0 Å². The van der Waals surface area contributed by atoms with Crippen LogP contribution in [0.3, 0.4) is 0 Å². The zero-order valence-corrected chi connectivity index (χ0v) is 13.5. The van der Waals surface area contributed by atoms with Crippen LogP contribution in [0.5, 0.6) is 5.75 Å². The molecule has 0 atom stereocenters. The smallest absolute Gasteiger partial charge is 0.410 e. The first kappa shape index (κ1) is 15.4. The first-order valence-electron chi connectivity index (χ1n) is 6.70. The van der Waals surface area contributed by atoms with Crippen LogP contribution in [0, 0.1) is 20.8 Å². The molecule has 0 unspecified atom stereocenters. The zero-order chi connectivity index (χ0) is 15.4. The molecule has 3 nitrogen and oxygen atoms in total. The fourth-order valence-corrected chi connectivity index (χ4v) is 2.43. The number of rotatable bonds is 3. The summed E-state index contributed by atoms with van der Waals surface area (Å²) in [7, 11) is 0. The molecule has 0 spiro atoms. The lowest BCUT2D eigenvalue weighted by Gasteiger charge is -2.11. The molecule has 0 saturated heterocycles. The lowest BCUT2D eigenvalue weighted by atomic mass is 10.1. The molecule has 2 rings (SSSR count). The Morgan fingerprint density at radius 3 is 2.38 bits per heavy atom. The molecule has 0 aromatic heterocycles. The Morgan fingerprint density at radius 1 is 1.10 bits per heavy atom. The van der Waals surface area contributed by atoms with E-state index in [0.717, 1.165) is 27.3 Å². The number of carbonyl (C=O) groups excluding carboxylic acids is 1. The predicted octanol–water partition coefficient (Wildman–Crippen LogP) is 4.94. The van der Waals surface area contributed by atoms with Crippen LogP contribution in [0.25, 0.3) is 0 Å². The maximum atomic E-state index is 12.0. The van der Waals surface area contributed by atoms with Gasteiger partial charge < -0.3 is 4.74 Å². The lowest BCUT2D eigenvalue weighted by molar-refractivity contribution is 0.215. The van der Waals surface area contributed by atoms with Crippen molar-refractivity contribution in [3.05, 3.63) is 53.1 Å². The molecule has 0 aliphatic heterocycles. The molecular weight excluding hydrogens is 282 g/mol. The van der Waals surface area contributed by atoms with Gasteiger partial charge in [0.05, 0.1) is 0 Å². The Morgan fingerprint density at radius 2 is 1.76 bits per heavy atom. The number of hydrogen-bond acceptors (Lipinski definition) is 3. The number of ether oxygens (including phenoxy) is 1. The summed E-state index contributed by atoms with van der Waals surface area (Å²) in [5, 5.41) is 2.74. The molecule has 2 aromatic carbocycles. The van der Waals surface area contributed by atoms with E-state index in [2.05, 4.69) is 11.4 Å². The van der Waals surface area contributed by atoms with E-state index in [1.807, 2.05) is 57.4 Å². The van der Waals surface area contributed by atoms with Crippen molar-refractivity contribution in [2.75, 3.05) is 11.6 Å². The third-order valence-corrected chi connectivity index (χ3v) is 4.05. The average Bonchev–Trinajstić information content (AvgIpc) is 2.45. The van der Waals surface area contributed by atoms with Crippen LogP contribution in [0.4, 0.5) is 10.5 Å². The van der Waals surface area contributed by atoms with Crippen LogP contribution in [0.2, 0.25) is 0 Å². The predicted molar refractivity (Wildman–Crippen MR) is 88.5 cm³/mol.